The van der Waals surface area contributed by atoms with Gasteiger partial charge in [0.25, 0.3) is 0 Å². The molecule has 5 nitrogen and oxygen atoms in total. The van der Waals surface area contributed by atoms with E-state index in [1.165, 1.54) is 0 Å². The molecule has 0 saturated carbocycles. The average molecular weight is 170 g/mol. The van der Waals surface area contributed by atoms with Crippen molar-refractivity contribution in [3.05, 3.63) is 17.2 Å². The monoisotopic (exact) mass is 170 g/mol. The first-order valence-electron chi connectivity index (χ1n) is 3.48. The lowest BCUT2D eigenvalue weighted by atomic mass is 10.3. The average Bonchev–Trinajstić information content (AvgIpc) is 2.16. The zero-order valence-electron chi connectivity index (χ0n) is 6.90. The first kappa shape index (κ1) is 8.58. The highest BCUT2D eigenvalue weighted by Crippen LogP contribution is 2.08. The molecule has 0 saturated heterocycles. The number of rotatable bonds is 2. The molecule has 0 aliphatic heterocycles. The van der Waals surface area contributed by atoms with Gasteiger partial charge >= 0.3 is 5.97 Å². The van der Waals surface area contributed by atoms with Crippen LogP contribution in [0.25, 0.3) is 0 Å². The fourth-order valence-corrected chi connectivity index (χ4v) is 1.05. The second kappa shape index (κ2) is 2.84. The number of carbonyl (C=O) groups is 1. The van der Waals surface area contributed by atoms with Crippen molar-refractivity contribution >= 4 is 5.97 Å². The molecule has 12 heavy (non-hydrogen) atoms. The topological polar surface area (TPSA) is 75.3 Å². The standard InChI is InChI=1S/C7H10N2O3/c1-4-6(3-7(10)11)9(12)5(2)8-4/h12H,3H2,1-2H3,(H,10,11). The first-order valence-corrected chi connectivity index (χ1v) is 3.48. The number of carboxylic acids is 1. The molecule has 0 radical (unpaired) electrons. The highest BCUT2D eigenvalue weighted by atomic mass is 16.5. The summed E-state index contributed by atoms with van der Waals surface area (Å²) < 4.78 is 0.809. The summed E-state index contributed by atoms with van der Waals surface area (Å²) in [7, 11) is 0. The summed E-state index contributed by atoms with van der Waals surface area (Å²) in [5, 5.41) is 17.7. The number of hydrogen-bond donors (Lipinski definition) is 2. The third-order valence-corrected chi connectivity index (χ3v) is 1.63. The fraction of sp³-hybridized carbons (Fsp3) is 0.429. The summed E-state index contributed by atoms with van der Waals surface area (Å²) in [6.07, 6.45) is -0.205. The van der Waals surface area contributed by atoms with Crippen molar-refractivity contribution in [1.82, 2.24) is 9.71 Å². The Hall–Kier alpha value is -1.52. The summed E-state index contributed by atoms with van der Waals surface area (Å²) in [6, 6.07) is 0. The van der Waals surface area contributed by atoms with Gasteiger partial charge in [0.05, 0.1) is 17.8 Å². The number of nitrogens with zero attached hydrogens (tertiary/aromatic N) is 2. The van der Waals surface area contributed by atoms with Crippen LogP contribution in [0.1, 0.15) is 17.2 Å². The van der Waals surface area contributed by atoms with E-state index in [9.17, 15) is 10.0 Å². The number of carboxylic acid groups (broad SMARTS) is 1. The van der Waals surface area contributed by atoms with Gasteiger partial charge in [-0.2, -0.15) is 4.73 Å². The molecule has 0 unspecified atom stereocenters. The summed E-state index contributed by atoms with van der Waals surface area (Å²) in [5.74, 6) is -0.572. The molecule has 0 aliphatic carbocycles. The molecule has 5 heteroatoms. The molecule has 1 aromatic heterocycles. The largest absolute Gasteiger partial charge is 0.481 e. The second-order valence-electron chi connectivity index (χ2n) is 2.57. The van der Waals surface area contributed by atoms with Crippen LogP contribution in [0, 0.1) is 13.8 Å². The van der Waals surface area contributed by atoms with Gasteiger partial charge < -0.3 is 10.3 Å². The quantitative estimate of drug-likeness (QED) is 0.628. The van der Waals surface area contributed by atoms with Crippen molar-refractivity contribution in [3.8, 4) is 0 Å². The van der Waals surface area contributed by atoms with Gasteiger partial charge in [-0.15, -0.1) is 0 Å². The predicted molar refractivity (Wildman–Crippen MR) is 40.2 cm³/mol. The van der Waals surface area contributed by atoms with Gasteiger partial charge in [0, 0.05) is 0 Å². The number of aromatic nitrogens is 2. The lowest BCUT2D eigenvalue weighted by Crippen LogP contribution is -2.07. The Morgan fingerprint density at radius 2 is 2.17 bits per heavy atom. The van der Waals surface area contributed by atoms with Crippen LogP contribution in [0.3, 0.4) is 0 Å². The zero-order valence-corrected chi connectivity index (χ0v) is 6.90. The van der Waals surface area contributed by atoms with Crippen molar-refractivity contribution in [2.24, 2.45) is 0 Å². The van der Waals surface area contributed by atoms with Crippen LogP contribution in [0.4, 0.5) is 0 Å². The van der Waals surface area contributed by atoms with Crippen LogP contribution < -0.4 is 0 Å². The maximum Gasteiger partial charge on any atom is 0.309 e. The number of aliphatic carboxylic acids is 1. The van der Waals surface area contributed by atoms with E-state index >= 15 is 0 Å². The smallest absolute Gasteiger partial charge is 0.309 e. The Bertz CT molecular complexity index is 317. The van der Waals surface area contributed by atoms with Crippen LogP contribution >= 0.6 is 0 Å². The van der Waals surface area contributed by atoms with E-state index in [-0.39, 0.29) is 6.42 Å². The number of imidazole rings is 1. The normalized spacial score (nSPS) is 10.2. The minimum absolute atomic E-state index is 0.205. The molecule has 66 valence electrons. The van der Waals surface area contributed by atoms with E-state index in [1.807, 2.05) is 0 Å². The Morgan fingerprint density at radius 1 is 1.58 bits per heavy atom. The minimum Gasteiger partial charge on any atom is -0.481 e. The minimum atomic E-state index is -0.978. The van der Waals surface area contributed by atoms with Crippen molar-refractivity contribution in [2.45, 2.75) is 20.3 Å². The van der Waals surface area contributed by atoms with E-state index < -0.39 is 5.97 Å². The van der Waals surface area contributed by atoms with E-state index in [0.717, 1.165) is 4.73 Å². The zero-order chi connectivity index (χ0) is 9.30. The van der Waals surface area contributed by atoms with Crippen LogP contribution in [-0.2, 0) is 11.2 Å². The summed E-state index contributed by atoms with van der Waals surface area (Å²) >= 11 is 0. The molecular formula is C7H10N2O3. The Balaban J connectivity index is 3.05. The van der Waals surface area contributed by atoms with Crippen LogP contribution in [0.5, 0.6) is 0 Å². The SMILES string of the molecule is Cc1nc(C)n(O)c1CC(=O)O. The summed E-state index contributed by atoms with van der Waals surface area (Å²) in [6.45, 7) is 3.27. The van der Waals surface area contributed by atoms with Gasteiger partial charge in [-0.25, -0.2) is 4.98 Å². The lowest BCUT2D eigenvalue weighted by Gasteiger charge is -1.98. The molecule has 0 fully saturated rings. The molecule has 2 N–H and O–H groups in total. The van der Waals surface area contributed by atoms with Crippen molar-refractivity contribution < 1.29 is 15.1 Å². The fourth-order valence-electron chi connectivity index (χ4n) is 1.05. The van der Waals surface area contributed by atoms with E-state index in [4.69, 9.17) is 5.11 Å². The third kappa shape index (κ3) is 1.39. The molecule has 1 rings (SSSR count). The molecule has 0 aromatic carbocycles. The summed E-state index contributed by atoms with van der Waals surface area (Å²) in [4.78, 5) is 14.2. The molecule has 0 aliphatic rings. The maximum atomic E-state index is 10.3. The molecule has 0 amide bonds. The van der Waals surface area contributed by atoms with Crippen molar-refractivity contribution in [1.29, 1.82) is 0 Å². The Kier molecular flexibility index (Phi) is 2.03. The lowest BCUT2D eigenvalue weighted by molar-refractivity contribution is -0.136. The number of aryl methyl sites for hydroxylation is 2. The van der Waals surface area contributed by atoms with E-state index in [1.54, 1.807) is 13.8 Å². The Morgan fingerprint density at radius 3 is 2.50 bits per heavy atom. The Labute approximate surface area is 69.2 Å². The third-order valence-electron chi connectivity index (χ3n) is 1.63. The second-order valence-corrected chi connectivity index (χ2v) is 2.57. The first-order chi connectivity index (χ1) is 5.52. The molecular weight excluding hydrogens is 160 g/mol. The molecule has 1 heterocycles. The summed E-state index contributed by atoms with van der Waals surface area (Å²) in [5.41, 5.74) is 0.886. The van der Waals surface area contributed by atoms with E-state index in [0.29, 0.717) is 17.2 Å². The highest BCUT2D eigenvalue weighted by molar-refractivity contribution is 5.69. The van der Waals surface area contributed by atoms with Crippen molar-refractivity contribution in [2.75, 3.05) is 0 Å². The predicted octanol–water partition coefficient (Wildman–Crippen LogP) is 0.364. The van der Waals surface area contributed by atoms with Crippen LogP contribution in [0.2, 0.25) is 0 Å². The van der Waals surface area contributed by atoms with Crippen LogP contribution in [0.15, 0.2) is 0 Å². The maximum absolute atomic E-state index is 10.3. The van der Waals surface area contributed by atoms with Gasteiger partial charge in [-0.05, 0) is 13.8 Å². The van der Waals surface area contributed by atoms with Gasteiger partial charge in [0.2, 0.25) is 0 Å². The molecule has 0 spiro atoms. The van der Waals surface area contributed by atoms with Gasteiger partial charge in [-0.3, -0.25) is 4.79 Å². The number of hydrogen-bond acceptors (Lipinski definition) is 3. The molecule has 1 aromatic rings. The van der Waals surface area contributed by atoms with Gasteiger partial charge in [-0.1, -0.05) is 0 Å². The van der Waals surface area contributed by atoms with Crippen LogP contribution in [-0.4, -0.2) is 26.0 Å². The van der Waals surface area contributed by atoms with Gasteiger partial charge in [0.1, 0.15) is 5.82 Å². The molecule has 0 atom stereocenters. The van der Waals surface area contributed by atoms with Gasteiger partial charge in [0.15, 0.2) is 0 Å². The van der Waals surface area contributed by atoms with Crippen molar-refractivity contribution in [3.63, 3.8) is 0 Å². The highest BCUT2D eigenvalue weighted by Gasteiger charge is 2.13. The van der Waals surface area contributed by atoms with E-state index in [2.05, 4.69) is 4.98 Å². The molecule has 0 bridgehead atoms.